The highest BCUT2D eigenvalue weighted by molar-refractivity contribution is 7.89. The molecule has 1 aliphatic rings. The van der Waals surface area contributed by atoms with E-state index in [0.717, 1.165) is 36.2 Å². The maximum Gasteiger partial charge on any atom is 0.241 e. The predicted octanol–water partition coefficient (Wildman–Crippen LogP) is 2.63. The molecule has 1 saturated carbocycles. The number of aryl methyl sites for hydroxylation is 1. The van der Waals surface area contributed by atoms with Crippen molar-refractivity contribution >= 4 is 21.4 Å². The molecule has 0 amide bonds. The molecule has 1 fully saturated rings. The van der Waals surface area contributed by atoms with Gasteiger partial charge in [-0.25, -0.2) is 13.1 Å². The Morgan fingerprint density at radius 1 is 1.40 bits per heavy atom. The second-order valence-corrected chi connectivity index (χ2v) is 8.16. The summed E-state index contributed by atoms with van der Waals surface area (Å²) in [6.45, 7) is 6.10. The van der Waals surface area contributed by atoms with Gasteiger partial charge in [0.05, 0.1) is 0 Å². The first-order chi connectivity index (χ1) is 9.54. The standard InChI is InChI=1S/C14H24N2O2S2/c1-3-7-15-9-13-14(11(2)10-19-13)20(17,18)16-8-12-5-4-6-12/h10,12,15-16H,3-9H2,1-2H3. The molecule has 2 rings (SSSR count). The molecule has 114 valence electrons. The Morgan fingerprint density at radius 3 is 2.75 bits per heavy atom. The zero-order valence-electron chi connectivity index (χ0n) is 12.2. The maximum absolute atomic E-state index is 12.5. The van der Waals surface area contributed by atoms with E-state index in [1.165, 1.54) is 17.8 Å². The van der Waals surface area contributed by atoms with Crippen LogP contribution in [-0.2, 0) is 16.6 Å². The Hall–Kier alpha value is -0.430. The van der Waals surface area contributed by atoms with Crippen LogP contribution in [0, 0.1) is 12.8 Å². The fourth-order valence-electron chi connectivity index (χ4n) is 2.35. The van der Waals surface area contributed by atoms with Crippen molar-refractivity contribution in [2.24, 2.45) is 5.92 Å². The molecule has 0 aromatic carbocycles. The van der Waals surface area contributed by atoms with E-state index in [1.54, 1.807) is 0 Å². The van der Waals surface area contributed by atoms with Gasteiger partial charge in [0.15, 0.2) is 0 Å². The highest BCUT2D eigenvalue weighted by atomic mass is 32.2. The van der Waals surface area contributed by atoms with Crippen molar-refractivity contribution in [3.63, 3.8) is 0 Å². The van der Waals surface area contributed by atoms with Crippen LogP contribution >= 0.6 is 11.3 Å². The van der Waals surface area contributed by atoms with Gasteiger partial charge < -0.3 is 5.32 Å². The van der Waals surface area contributed by atoms with Crippen molar-refractivity contribution in [1.82, 2.24) is 10.0 Å². The van der Waals surface area contributed by atoms with Crippen LogP contribution in [0.1, 0.15) is 43.0 Å². The zero-order valence-corrected chi connectivity index (χ0v) is 13.9. The molecule has 0 unspecified atom stereocenters. The molecular weight excluding hydrogens is 292 g/mol. The summed E-state index contributed by atoms with van der Waals surface area (Å²) in [5.74, 6) is 0.533. The van der Waals surface area contributed by atoms with E-state index >= 15 is 0 Å². The smallest absolute Gasteiger partial charge is 0.241 e. The van der Waals surface area contributed by atoms with Crippen molar-refractivity contribution in [1.29, 1.82) is 0 Å². The third kappa shape index (κ3) is 3.81. The number of sulfonamides is 1. The highest BCUT2D eigenvalue weighted by Gasteiger charge is 2.25. The number of nitrogens with one attached hydrogen (secondary N) is 2. The fourth-order valence-corrected chi connectivity index (χ4v) is 5.24. The maximum atomic E-state index is 12.5. The summed E-state index contributed by atoms with van der Waals surface area (Å²) < 4.78 is 27.7. The van der Waals surface area contributed by atoms with E-state index in [-0.39, 0.29) is 0 Å². The lowest BCUT2D eigenvalue weighted by atomic mass is 9.86. The predicted molar refractivity (Wildman–Crippen MR) is 83.6 cm³/mol. The van der Waals surface area contributed by atoms with Gasteiger partial charge in [0.25, 0.3) is 0 Å². The SMILES string of the molecule is CCCNCc1scc(C)c1S(=O)(=O)NCC1CCC1. The summed E-state index contributed by atoms with van der Waals surface area (Å²) >= 11 is 1.53. The lowest BCUT2D eigenvalue weighted by Gasteiger charge is -2.25. The lowest BCUT2D eigenvalue weighted by Crippen LogP contribution is -2.33. The largest absolute Gasteiger partial charge is 0.312 e. The molecule has 0 spiro atoms. The van der Waals surface area contributed by atoms with Crippen LogP contribution < -0.4 is 10.0 Å². The topological polar surface area (TPSA) is 58.2 Å². The second-order valence-electron chi connectivity index (χ2n) is 5.50. The van der Waals surface area contributed by atoms with Gasteiger partial charge in [-0.05, 0) is 49.6 Å². The van der Waals surface area contributed by atoms with Gasteiger partial charge >= 0.3 is 0 Å². The minimum atomic E-state index is -3.37. The minimum Gasteiger partial charge on any atom is -0.312 e. The van der Waals surface area contributed by atoms with Gasteiger partial charge in [0, 0.05) is 18.0 Å². The first-order valence-corrected chi connectivity index (χ1v) is 9.68. The van der Waals surface area contributed by atoms with E-state index < -0.39 is 10.0 Å². The van der Waals surface area contributed by atoms with Crippen LogP contribution in [0.3, 0.4) is 0 Å². The first kappa shape index (κ1) is 15.9. The Balaban J connectivity index is 2.06. The highest BCUT2D eigenvalue weighted by Crippen LogP contribution is 2.29. The molecule has 0 bridgehead atoms. The van der Waals surface area contributed by atoms with Crippen molar-refractivity contribution in [3.8, 4) is 0 Å². The fraction of sp³-hybridized carbons (Fsp3) is 0.714. The molecule has 20 heavy (non-hydrogen) atoms. The van der Waals surface area contributed by atoms with Crippen LogP contribution in [0.5, 0.6) is 0 Å². The number of hydrogen-bond acceptors (Lipinski definition) is 4. The molecular formula is C14H24N2O2S2. The molecule has 4 nitrogen and oxygen atoms in total. The summed E-state index contributed by atoms with van der Waals surface area (Å²) in [6, 6.07) is 0. The molecule has 0 aliphatic heterocycles. The van der Waals surface area contributed by atoms with Gasteiger partial charge in [0.2, 0.25) is 10.0 Å². The zero-order chi connectivity index (χ0) is 14.6. The number of rotatable bonds is 8. The molecule has 0 atom stereocenters. The average molecular weight is 316 g/mol. The van der Waals surface area contributed by atoms with Crippen molar-refractivity contribution in [3.05, 3.63) is 15.8 Å². The molecule has 1 heterocycles. The molecule has 1 aromatic heterocycles. The summed E-state index contributed by atoms with van der Waals surface area (Å²) in [5.41, 5.74) is 0.851. The van der Waals surface area contributed by atoms with Crippen LogP contribution in [0.2, 0.25) is 0 Å². The molecule has 0 radical (unpaired) electrons. The van der Waals surface area contributed by atoms with Gasteiger partial charge in [-0.15, -0.1) is 11.3 Å². The summed E-state index contributed by atoms with van der Waals surface area (Å²) in [7, 11) is -3.37. The summed E-state index contributed by atoms with van der Waals surface area (Å²) in [6.07, 6.45) is 4.58. The van der Waals surface area contributed by atoms with Crippen LogP contribution in [0.4, 0.5) is 0 Å². The van der Waals surface area contributed by atoms with Gasteiger partial charge in [-0.2, -0.15) is 0 Å². The summed E-state index contributed by atoms with van der Waals surface area (Å²) in [4.78, 5) is 1.41. The van der Waals surface area contributed by atoms with E-state index in [4.69, 9.17) is 0 Å². The van der Waals surface area contributed by atoms with Crippen molar-refractivity contribution in [2.75, 3.05) is 13.1 Å². The Kier molecular flexibility index (Phi) is 5.60. The van der Waals surface area contributed by atoms with Gasteiger partial charge in [-0.1, -0.05) is 13.3 Å². The number of hydrogen-bond donors (Lipinski definition) is 2. The van der Waals surface area contributed by atoms with Crippen LogP contribution in [0.25, 0.3) is 0 Å². The Bertz CT molecular complexity index is 533. The third-order valence-electron chi connectivity index (χ3n) is 3.76. The third-order valence-corrected chi connectivity index (χ3v) is 6.64. The van der Waals surface area contributed by atoms with Crippen LogP contribution in [0.15, 0.2) is 10.3 Å². The van der Waals surface area contributed by atoms with E-state index in [1.807, 2.05) is 12.3 Å². The van der Waals surface area contributed by atoms with Gasteiger partial charge in [0.1, 0.15) is 4.90 Å². The Morgan fingerprint density at radius 2 is 2.15 bits per heavy atom. The molecule has 0 saturated heterocycles. The molecule has 6 heteroatoms. The molecule has 1 aromatic rings. The van der Waals surface area contributed by atoms with E-state index in [9.17, 15) is 8.42 Å². The average Bonchev–Trinajstić information content (AvgIpc) is 2.69. The normalized spacial score (nSPS) is 16.3. The number of thiophene rings is 1. The monoisotopic (exact) mass is 316 g/mol. The van der Waals surface area contributed by atoms with Gasteiger partial charge in [-0.3, -0.25) is 0 Å². The Labute approximate surface area is 126 Å². The minimum absolute atomic E-state index is 0.491. The van der Waals surface area contributed by atoms with E-state index in [0.29, 0.717) is 23.9 Å². The molecule has 2 N–H and O–H groups in total. The van der Waals surface area contributed by atoms with Crippen LogP contribution in [-0.4, -0.2) is 21.5 Å². The summed E-state index contributed by atoms with van der Waals surface area (Å²) in [5, 5.41) is 5.21. The quantitative estimate of drug-likeness (QED) is 0.725. The lowest BCUT2D eigenvalue weighted by molar-refractivity contribution is 0.316. The van der Waals surface area contributed by atoms with Crippen molar-refractivity contribution in [2.45, 2.75) is 51.0 Å². The van der Waals surface area contributed by atoms with Crippen molar-refractivity contribution < 1.29 is 8.42 Å². The second kappa shape index (κ2) is 7.02. The molecule has 1 aliphatic carbocycles. The first-order valence-electron chi connectivity index (χ1n) is 7.32. The van der Waals surface area contributed by atoms with E-state index in [2.05, 4.69) is 17.0 Å².